The lowest BCUT2D eigenvalue weighted by atomic mass is 10.1. The molecule has 14 heavy (non-hydrogen) atoms. The standard InChI is InChI=1S/C10H12N2O2/c1-3-13-5-9-7(1)11-10-6-14-4-2-8(10)12-9/h1-6H2. The van der Waals surface area contributed by atoms with Gasteiger partial charge in [0.25, 0.3) is 0 Å². The Morgan fingerprint density at radius 1 is 0.714 bits per heavy atom. The van der Waals surface area contributed by atoms with E-state index in [-0.39, 0.29) is 0 Å². The number of ether oxygens (including phenoxy) is 2. The van der Waals surface area contributed by atoms with Gasteiger partial charge in [-0.1, -0.05) is 0 Å². The molecule has 0 saturated heterocycles. The molecule has 0 aliphatic carbocycles. The van der Waals surface area contributed by atoms with Crippen molar-refractivity contribution < 1.29 is 9.47 Å². The highest BCUT2D eigenvalue weighted by molar-refractivity contribution is 5.22. The zero-order chi connectivity index (χ0) is 9.38. The number of hydrogen-bond donors (Lipinski definition) is 0. The van der Waals surface area contributed by atoms with Crippen LogP contribution in [0.15, 0.2) is 0 Å². The Labute approximate surface area is 82.3 Å². The number of nitrogens with zero attached hydrogens (tertiary/aromatic N) is 2. The van der Waals surface area contributed by atoms with E-state index < -0.39 is 0 Å². The van der Waals surface area contributed by atoms with E-state index in [1.807, 2.05) is 0 Å². The fraction of sp³-hybridized carbons (Fsp3) is 0.600. The van der Waals surface area contributed by atoms with E-state index in [0.29, 0.717) is 13.2 Å². The molecule has 0 N–H and O–H groups in total. The molecule has 0 radical (unpaired) electrons. The van der Waals surface area contributed by atoms with Crippen LogP contribution in [0, 0.1) is 0 Å². The molecule has 3 rings (SSSR count). The van der Waals surface area contributed by atoms with Crippen molar-refractivity contribution in [2.75, 3.05) is 13.2 Å². The van der Waals surface area contributed by atoms with Crippen molar-refractivity contribution in [2.45, 2.75) is 26.1 Å². The Hall–Kier alpha value is -1.00. The maximum Gasteiger partial charge on any atom is 0.0906 e. The second-order valence-electron chi connectivity index (χ2n) is 3.62. The number of rotatable bonds is 0. The number of aromatic nitrogens is 2. The zero-order valence-corrected chi connectivity index (χ0v) is 7.95. The lowest BCUT2D eigenvalue weighted by Gasteiger charge is -2.20. The SMILES string of the molecule is C1Cc2nc3c(nc2CO1)CCOC3. The Morgan fingerprint density at radius 2 is 1.21 bits per heavy atom. The molecule has 0 unspecified atom stereocenters. The van der Waals surface area contributed by atoms with Crippen LogP contribution in [-0.2, 0) is 35.5 Å². The minimum absolute atomic E-state index is 0.621. The summed E-state index contributed by atoms with van der Waals surface area (Å²) in [5, 5.41) is 0. The van der Waals surface area contributed by atoms with Gasteiger partial charge in [0.05, 0.1) is 49.2 Å². The summed E-state index contributed by atoms with van der Waals surface area (Å²) in [5.41, 5.74) is 4.25. The smallest absolute Gasteiger partial charge is 0.0906 e. The quantitative estimate of drug-likeness (QED) is 0.604. The van der Waals surface area contributed by atoms with Gasteiger partial charge in [-0.3, -0.25) is 9.97 Å². The third kappa shape index (κ3) is 1.31. The van der Waals surface area contributed by atoms with Gasteiger partial charge in [-0.15, -0.1) is 0 Å². The minimum atomic E-state index is 0.621. The zero-order valence-electron chi connectivity index (χ0n) is 7.95. The van der Waals surface area contributed by atoms with Crippen LogP contribution < -0.4 is 0 Å². The molecule has 0 aromatic carbocycles. The van der Waals surface area contributed by atoms with E-state index in [9.17, 15) is 0 Å². The van der Waals surface area contributed by atoms with Crippen molar-refractivity contribution in [1.82, 2.24) is 9.97 Å². The molecule has 0 amide bonds. The van der Waals surface area contributed by atoms with Gasteiger partial charge in [-0.05, 0) is 0 Å². The lowest BCUT2D eigenvalue weighted by Crippen LogP contribution is -2.21. The molecule has 0 bridgehead atoms. The fourth-order valence-corrected chi connectivity index (χ4v) is 1.89. The molecule has 1 aromatic rings. The summed E-state index contributed by atoms with van der Waals surface area (Å²) in [6.07, 6.45) is 1.77. The Bertz CT molecular complexity index is 299. The highest BCUT2D eigenvalue weighted by atomic mass is 16.5. The van der Waals surface area contributed by atoms with E-state index in [1.54, 1.807) is 0 Å². The first-order valence-electron chi connectivity index (χ1n) is 4.96. The largest absolute Gasteiger partial charge is 0.375 e. The Morgan fingerprint density at radius 3 is 1.71 bits per heavy atom. The molecule has 0 atom stereocenters. The van der Waals surface area contributed by atoms with Crippen LogP contribution in [-0.4, -0.2) is 23.2 Å². The summed E-state index contributed by atoms with van der Waals surface area (Å²) in [4.78, 5) is 9.17. The minimum Gasteiger partial charge on any atom is -0.375 e. The second-order valence-corrected chi connectivity index (χ2v) is 3.62. The highest BCUT2D eigenvalue weighted by Gasteiger charge is 2.19. The average molecular weight is 192 g/mol. The first-order valence-corrected chi connectivity index (χ1v) is 4.96. The molecular formula is C10H12N2O2. The molecule has 0 saturated carbocycles. The molecule has 1 aromatic heterocycles. The summed E-state index contributed by atoms with van der Waals surface area (Å²) < 4.78 is 10.7. The predicted octanol–water partition coefficient (Wildman–Crippen LogP) is 0.622. The Kier molecular flexibility index (Phi) is 1.96. The monoisotopic (exact) mass is 192 g/mol. The van der Waals surface area contributed by atoms with E-state index in [4.69, 9.17) is 9.47 Å². The van der Waals surface area contributed by atoms with Crippen LogP contribution in [0.3, 0.4) is 0 Å². The van der Waals surface area contributed by atoms with E-state index in [2.05, 4.69) is 9.97 Å². The first kappa shape index (κ1) is 8.32. The highest BCUT2D eigenvalue weighted by Crippen LogP contribution is 2.18. The van der Waals surface area contributed by atoms with Crippen molar-refractivity contribution in [3.8, 4) is 0 Å². The molecule has 0 spiro atoms. The fourth-order valence-electron chi connectivity index (χ4n) is 1.89. The van der Waals surface area contributed by atoms with Gasteiger partial charge in [-0.2, -0.15) is 0 Å². The first-order chi connectivity index (χ1) is 6.93. The molecule has 74 valence electrons. The summed E-state index contributed by atoms with van der Waals surface area (Å²) in [5.74, 6) is 0. The van der Waals surface area contributed by atoms with E-state index >= 15 is 0 Å². The molecule has 2 aliphatic heterocycles. The third-order valence-corrected chi connectivity index (χ3v) is 2.65. The molecule has 2 aliphatic rings. The van der Waals surface area contributed by atoms with Gasteiger partial charge in [0.15, 0.2) is 0 Å². The normalized spacial score (nSPS) is 20.0. The molecule has 4 nitrogen and oxygen atoms in total. The van der Waals surface area contributed by atoms with Crippen LogP contribution >= 0.6 is 0 Å². The van der Waals surface area contributed by atoms with Gasteiger partial charge < -0.3 is 9.47 Å². The number of hydrogen-bond acceptors (Lipinski definition) is 4. The summed E-state index contributed by atoms with van der Waals surface area (Å²) in [7, 11) is 0. The Balaban J connectivity index is 2.06. The van der Waals surface area contributed by atoms with Crippen LogP contribution in [0.5, 0.6) is 0 Å². The summed E-state index contributed by atoms with van der Waals surface area (Å²) in [6.45, 7) is 2.77. The van der Waals surface area contributed by atoms with Crippen molar-refractivity contribution in [3.63, 3.8) is 0 Å². The number of fused-ring (bicyclic) bond motifs is 2. The summed E-state index contributed by atoms with van der Waals surface area (Å²) >= 11 is 0. The van der Waals surface area contributed by atoms with Crippen molar-refractivity contribution >= 4 is 0 Å². The van der Waals surface area contributed by atoms with Crippen LogP contribution in [0.2, 0.25) is 0 Å². The molecule has 4 heteroatoms. The van der Waals surface area contributed by atoms with Crippen LogP contribution in [0.1, 0.15) is 22.8 Å². The topological polar surface area (TPSA) is 44.2 Å². The van der Waals surface area contributed by atoms with Gasteiger partial charge in [0.2, 0.25) is 0 Å². The van der Waals surface area contributed by atoms with Crippen molar-refractivity contribution in [1.29, 1.82) is 0 Å². The van der Waals surface area contributed by atoms with E-state index in [0.717, 1.165) is 48.8 Å². The second kappa shape index (κ2) is 3.29. The van der Waals surface area contributed by atoms with Crippen molar-refractivity contribution in [3.05, 3.63) is 22.8 Å². The molecule has 3 heterocycles. The van der Waals surface area contributed by atoms with Crippen LogP contribution in [0.4, 0.5) is 0 Å². The lowest BCUT2D eigenvalue weighted by molar-refractivity contribution is 0.0947. The predicted molar refractivity (Wildman–Crippen MR) is 48.8 cm³/mol. The molecule has 0 fully saturated rings. The van der Waals surface area contributed by atoms with Gasteiger partial charge in [0.1, 0.15) is 0 Å². The van der Waals surface area contributed by atoms with Gasteiger partial charge in [-0.25, -0.2) is 0 Å². The maximum atomic E-state index is 5.35. The van der Waals surface area contributed by atoms with Crippen LogP contribution in [0.25, 0.3) is 0 Å². The van der Waals surface area contributed by atoms with Gasteiger partial charge >= 0.3 is 0 Å². The maximum absolute atomic E-state index is 5.35. The van der Waals surface area contributed by atoms with Crippen molar-refractivity contribution in [2.24, 2.45) is 0 Å². The average Bonchev–Trinajstić information content (AvgIpc) is 2.26. The van der Waals surface area contributed by atoms with Gasteiger partial charge in [0, 0.05) is 12.8 Å². The summed E-state index contributed by atoms with van der Waals surface area (Å²) in [6, 6.07) is 0. The van der Waals surface area contributed by atoms with E-state index in [1.165, 1.54) is 0 Å². The third-order valence-electron chi connectivity index (χ3n) is 2.65. The molecular weight excluding hydrogens is 180 g/mol.